The minimum Gasteiger partial charge on any atom is -0.458 e. The Kier molecular flexibility index (Phi) is 5.39. The van der Waals surface area contributed by atoms with Gasteiger partial charge >= 0.3 is 0 Å². The normalized spacial score (nSPS) is 12.9. The fourth-order valence-corrected chi connectivity index (χ4v) is 7.24. The summed E-state index contributed by atoms with van der Waals surface area (Å²) in [7, 11) is 0. The number of hydrogen-bond acceptors (Lipinski definition) is 3. The van der Waals surface area contributed by atoms with Crippen LogP contribution in [0.2, 0.25) is 0 Å². The number of hydrogen-bond donors (Lipinski definition) is 0. The Bertz CT molecular complexity index is 2230. The van der Waals surface area contributed by atoms with Gasteiger partial charge in [0.2, 0.25) is 0 Å². The average Bonchev–Trinajstić information content (AvgIpc) is 3.44. The van der Waals surface area contributed by atoms with E-state index in [9.17, 15) is 0 Å². The molecule has 0 saturated heterocycles. The standard InChI is InChI=1S/C39H28BN3O/c1-25-13-12-14-26(2)37(25)39-41-31-19-8-10-21-33(31)43(39)28-23-34-38-36(24-28)44-35-22-11-7-18-30(35)40(38)29-17-6-9-20-32(29)42(34)27-15-4-3-5-16-27/h3-24H,1-2H3. The highest BCUT2D eigenvalue weighted by atomic mass is 16.5. The van der Waals surface area contributed by atoms with Gasteiger partial charge in [-0.2, -0.15) is 0 Å². The van der Waals surface area contributed by atoms with E-state index in [1.807, 2.05) is 0 Å². The Morgan fingerprint density at radius 3 is 2.14 bits per heavy atom. The molecule has 7 aromatic rings. The zero-order valence-corrected chi connectivity index (χ0v) is 24.5. The Hall–Kier alpha value is -5.55. The summed E-state index contributed by atoms with van der Waals surface area (Å²) in [5.74, 6) is 2.72. The molecule has 9 rings (SSSR count). The van der Waals surface area contributed by atoms with Gasteiger partial charge in [-0.3, -0.25) is 4.57 Å². The summed E-state index contributed by atoms with van der Waals surface area (Å²) in [5, 5.41) is 0. The van der Waals surface area contributed by atoms with Gasteiger partial charge in [0, 0.05) is 28.7 Å². The third-order valence-corrected chi connectivity index (χ3v) is 9.11. The van der Waals surface area contributed by atoms with Crippen molar-refractivity contribution in [3.8, 4) is 28.6 Å². The van der Waals surface area contributed by atoms with Crippen LogP contribution in [0.1, 0.15) is 11.1 Å². The number of nitrogens with zero attached hydrogens (tertiary/aromatic N) is 3. The predicted octanol–water partition coefficient (Wildman–Crippen LogP) is 7.71. The van der Waals surface area contributed by atoms with E-state index in [0.717, 1.165) is 51.0 Å². The largest absolute Gasteiger partial charge is 0.458 e. The van der Waals surface area contributed by atoms with Gasteiger partial charge in [-0.05, 0) is 83.8 Å². The number of ether oxygens (including phenoxy) is 1. The maximum absolute atomic E-state index is 6.81. The van der Waals surface area contributed by atoms with Gasteiger partial charge in [0.05, 0.1) is 16.7 Å². The van der Waals surface area contributed by atoms with Crippen molar-refractivity contribution in [1.29, 1.82) is 0 Å². The van der Waals surface area contributed by atoms with Gasteiger partial charge in [-0.25, -0.2) is 4.98 Å². The first-order valence-corrected chi connectivity index (χ1v) is 15.1. The van der Waals surface area contributed by atoms with Crippen LogP contribution in [0.4, 0.5) is 17.1 Å². The number of imidazole rings is 1. The first-order chi connectivity index (χ1) is 21.7. The summed E-state index contributed by atoms with van der Waals surface area (Å²) in [4.78, 5) is 7.63. The smallest absolute Gasteiger partial charge is 0.256 e. The molecule has 0 atom stereocenters. The molecule has 3 heterocycles. The Morgan fingerprint density at radius 2 is 1.30 bits per heavy atom. The topological polar surface area (TPSA) is 30.3 Å². The van der Waals surface area contributed by atoms with Crippen LogP contribution in [0, 0.1) is 13.8 Å². The van der Waals surface area contributed by atoms with Gasteiger partial charge in [0.15, 0.2) is 0 Å². The van der Waals surface area contributed by atoms with Crippen molar-refractivity contribution >= 4 is 51.2 Å². The van der Waals surface area contributed by atoms with Crippen LogP contribution >= 0.6 is 0 Å². The van der Waals surface area contributed by atoms with Gasteiger partial charge in [-0.15, -0.1) is 0 Å². The SMILES string of the molecule is Cc1cccc(C)c1-c1nc2ccccc2n1-c1cc2c3c(c1)N(c1ccccc1)c1ccccc1B3c1ccccc1O2. The van der Waals surface area contributed by atoms with Gasteiger partial charge in [0.1, 0.15) is 17.3 Å². The van der Waals surface area contributed by atoms with Crippen LogP contribution < -0.4 is 26.0 Å². The van der Waals surface area contributed by atoms with Crippen molar-refractivity contribution in [2.75, 3.05) is 4.90 Å². The number of para-hydroxylation sites is 5. The first kappa shape index (κ1) is 25.0. The molecule has 0 amide bonds. The molecular formula is C39H28BN3O. The fourth-order valence-electron chi connectivity index (χ4n) is 7.24. The van der Waals surface area contributed by atoms with E-state index in [1.165, 1.54) is 33.2 Å². The lowest BCUT2D eigenvalue weighted by atomic mass is 9.34. The number of fused-ring (bicyclic) bond motifs is 5. The second-order valence-corrected chi connectivity index (χ2v) is 11.7. The quantitative estimate of drug-likeness (QED) is 0.206. The van der Waals surface area contributed by atoms with Crippen LogP contribution in [0.3, 0.4) is 0 Å². The second-order valence-electron chi connectivity index (χ2n) is 11.7. The summed E-state index contributed by atoms with van der Waals surface area (Å²) in [6.07, 6.45) is 0. The number of aryl methyl sites for hydroxylation is 2. The predicted molar refractivity (Wildman–Crippen MR) is 182 cm³/mol. The minimum absolute atomic E-state index is 0.0628. The van der Waals surface area contributed by atoms with Crippen molar-refractivity contribution in [2.45, 2.75) is 13.8 Å². The lowest BCUT2D eigenvalue weighted by Gasteiger charge is -2.40. The molecule has 0 aliphatic carbocycles. The summed E-state index contributed by atoms with van der Waals surface area (Å²) >= 11 is 0. The number of anilines is 3. The maximum Gasteiger partial charge on any atom is 0.256 e. The molecule has 0 radical (unpaired) electrons. The molecule has 1 aromatic heterocycles. The molecule has 2 aliphatic heterocycles. The molecule has 0 saturated carbocycles. The molecule has 0 N–H and O–H groups in total. The third-order valence-electron chi connectivity index (χ3n) is 9.11. The first-order valence-electron chi connectivity index (χ1n) is 15.1. The van der Waals surface area contributed by atoms with Crippen molar-refractivity contribution in [3.63, 3.8) is 0 Å². The van der Waals surface area contributed by atoms with E-state index in [4.69, 9.17) is 9.72 Å². The van der Waals surface area contributed by atoms with Gasteiger partial charge in [-0.1, -0.05) is 84.9 Å². The Balaban J connectivity index is 1.39. The van der Waals surface area contributed by atoms with E-state index >= 15 is 0 Å². The molecule has 4 nitrogen and oxygen atoms in total. The van der Waals surface area contributed by atoms with Crippen LogP contribution in [-0.4, -0.2) is 16.3 Å². The lowest BCUT2D eigenvalue weighted by Crippen LogP contribution is -2.59. The fraction of sp³-hybridized carbons (Fsp3) is 0.0513. The van der Waals surface area contributed by atoms with E-state index in [1.54, 1.807) is 0 Å². The van der Waals surface area contributed by atoms with Gasteiger partial charge in [0.25, 0.3) is 6.71 Å². The van der Waals surface area contributed by atoms with Gasteiger partial charge < -0.3 is 9.64 Å². The highest BCUT2D eigenvalue weighted by Crippen LogP contribution is 2.43. The van der Waals surface area contributed by atoms with Crippen molar-refractivity contribution in [2.24, 2.45) is 0 Å². The number of benzene rings is 6. The number of rotatable bonds is 3. The van der Waals surface area contributed by atoms with Crippen molar-refractivity contribution in [3.05, 3.63) is 145 Å². The highest BCUT2D eigenvalue weighted by Gasteiger charge is 2.42. The molecule has 0 unspecified atom stereocenters. The van der Waals surface area contributed by atoms with Crippen LogP contribution in [-0.2, 0) is 0 Å². The number of aromatic nitrogens is 2. The lowest BCUT2D eigenvalue weighted by molar-refractivity contribution is 0.487. The van der Waals surface area contributed by atoms with E-state index in [-0.39, 0.29) is 6.71 Å². The summed E-state index contributed by atoms with van der Waals surface area (Å²) in [5.41, 5.74) is 13.7. The molecule has 2 aliphatic rings. The summed E-state index contributed by atoms with van der Waals surface area (Å²) < 4.78 is 9.12. The monoisotopic (exact) mass is 565 g/mol. The van der Waals surface area contributed by atoms with E-state index in [0.29, 0.717) is 0 Å². The molecule has 0 bridgehead atoms. The summed E-state index contributed by atoms with van der Waals surface area (Å²) in [6.45, 7) is 4.40. The minimum atomic E-state index is 0.0628. The second kappa shape index (κ2) is 9.48. The van der Waals surface area contributed by atoms with Crippen molar-refractivity contribution in [1.82, 2.24) is 9.55 Å². The van der Waals surface area contributed by atoms with Crippen LogP contribution in [0.15, 0.2) is 133 Å². The van der Waals surface area contributed by atoms with E-state index < -0.39 is 0 Å². The molecule has 5 heteroatoms. The highest BCUT2D eigenvalue weighted by molar-refractivity contribution is 6.99. The molecule has 208 valence electrons. The van der Waals surface area contributed by atoms with Crippen LogP contribution in [0.25, 0.3) is 28.1 Å². The van der Waals surface area contributed by atoms with E-state index in [2.05, 4.69) is 157 Å². The Morgan fingerprint density at radius 1 is 0.591 bits per heavy atom. The molecule has 44 heavy (non-hydrogen) atoms. The average molecular weight is 565 g/mol. The van der Waals surface area contributed by atoms with Crippen LogP contribution in [0.5, 0.6) is 11.5 Å². The third kappa shape index (κ3) is 3.56. The molecule has 6 aromatic carbocycles. The molecule has 0 fully saturated rings. The maximum atomic E-state index is 6.81. The zero-order valence-electron chi connectivity index (χ0n) is 24.5. The summed E-state index contributed by atoms with van der Waals surface area (Å²) in [6, 6.07) is 47.3. The Labute approximate surface area is 256 Å². The molecular weight excluding hydrogens is 537 g/mol. The molecule has 0 spiro atoms. The van der Waals surface area contributed by atoms with Crippen molar-refractivity contribution < 1.29 is 4.74 Å². The zero-order chi connectivity index (χ0) is 29.4.